The van der Waals surface area contributed by atoms with Crippen LogP contribution in [0.5, 0.6) is 0 Å². The van der Waals surface area contributed by atoms with Crippen molar-refractivity contribution in [1.82, 2.24) is 10.2 Å². The van der Waals surface area contributed by atoms with Crippen LogP contribution in [0.15, 0.2) is 30.3 Å². The highest BCUT2D eigenvalue weighted by atomic mass is 19.4. The molecule has 0 aliphatic rings. The van der Waals surface area contributed by atoms with Gasteiger partial charge in [-0.25, -0.2) is 0 Å². The van der Waals surface area contributed by atoms with Gasteiger partial charge >= 0.3 is 6.18 Å². The topological polar surface area (TPSA) is 31.9 Å². The van der Waals surface area contributed by atoms with E-state index in [1.165, 1.54) is 0 Å². The molecule has 19 heavy (non-hydrogen) atoms. The fraction of sp³-hybridized carbons (Fsp3) is 0.308. The van der Waals surface area contributed by atoms with Gasteiger partial charge in [0.25, 0.3) is 0 Å². The lowest BCUT2D eigenvalue weighted by Crippen LogP contribution is -2.15. The number of halogens is 3. The van der Waals surface area contributed by atoms with E-state index in [-0.39, 0.29) is 0 Å². The SMILES string of the molecule is CCN(C)c1cccc(-c2cc(C(F)(F)F)[nH]n2)c1. The highest BCUT2D eigenvalue weighted by molar-refractivity contribution is 5.65. The summed E-state index contributed by atoms with van der Waals surface area (Å²) < 4.78 is 37.5. The highest BCUT2D eigenvalue weighted by Gasteiger charge is 2.33. The Kier molecular flexibility index (Phi) is 3.50. The second-order valence-corrected chi connectivity index (χ2v) is 4.23. The molecule has 0 saturated heterocycles. The fourth-order valence-electron chi connectivity index (χ4n) is 1.70. The van der Waals surface area contributed by atoms with E-state index >= 15 is 0 Å². The van der Waals surface area contributed by atoms with Crippen LogP contribution < -0.4 is 4.90 Å². The van der Waals surface area contributed by atoms with Crippen LogP contribution in [0.3, 0.4) is 0 Å². The lowest BCUT2D eigenvalue weighted by Gasteiger charge is -2.17. The monoisotopic (exact) mass is 269 g/mol. The Morgan fingerprint density at radius 1 is 1.26 bits per heavy atom. The number of H-pyrrole nitrogens is 1. The quantitative estimate of drug-likeness (QED) is 0.924. The number of aromatic nitrogens is 2. The molecule has 0 spiro atoms. The number of nitrogens with one attached hydrogen (secondary N) is 1. The van der Waals surface area contributed by atoms with Crippen LogP contribution in [0.25, 0.3) is 11.3 Å². The predicted molar refractivity (Wildman–Crippen MR) is 68.0 cm³/mol. The molecule has 1 aromatic carbocycles. The second kappa shape index (κ2) is 4.95. The number of rotatable bonds is 3. The average Bonchev–Trinajstić information content (AvgIpc) is 2.87. The predicted octanol–water partition coefficient (Wildman–Crippen LogP) is 3.55. The minimum atomic E-state index is -4.40. The van der Waals surface area contributed by atoms with E-state index in [9.17, 15) is 13.2 Å². The smallest absolute Gasteiger partial charge is 0.375 e. The van der Waals surface area contributed by atoms with Gasteiger partial charge in [0, 0.05) is 24.8 Å². The summed E-state index contributed by atoms with van der Waals surface area (Å²) in [5, 5.41) is 5.73. The first-order valence-electron chi connectivity index (χ1n) is 5.86. The molecule has 6 heteroatoms. The van der Waals surface area contributed by atoms with E-state index in [0.717, 1.165) is 18.3 Å². The molecule has 0 fully saturated rings. The van der Waals surface area contributed by atoms with Crippen molar-refractivity contribution >= 4 is 5.69 Å². The maximum Gasteiger partial charge on any atom is 0.432 e. The summed E-state index contributed by atoms with van der Waals surface area (Å²) in [5.41, 5.74) is 1.05. The van der Waals surface area contributed by atoms with Gasteiger partial charge in [-0.3, -0.25) is 5.10 Å². The molecule has 2 aromatic rings. The molecule has 2 rings (SSSR count). The first kappa shape index (κ1) is 13.5. The molecule has 1 aromatic heterocycles. The molecule has 0 saturated carbocycles. The Balaban J connectivity index is 2.34. The number of nitrogens with zero attached hydrogens (tertiary/aromatic N) is 2. The third-order valence-electron chi connectivity index (χ3n) is 2.94. The third kappa shape index (κ3) is 2.89. The van der Waals surface area contributed by atoms with Crippen molar-refractivity contribution in [2.75, 3.05) is 18.5 Å². The highest BCUT2D eigenvalue weighted by Crippen LogP contribution is 2.31. The zero-order valence-corrected chi connectivity index (χ0v) is 10.6. The normalized spacial score (nSPS) is 11.6. The zero-order chi connectivity index (χ0) is 14.0. The molecular weight excluding hydrogens is 255 g/mol. The van der Waals surface area contributed by atoms with Crippen molar-refractivity contribution in [2.45, 2.75) is 13.1 Å². The van der Waals surface area contributed by atoms with Crippen LogP contribution in [0, 0.1) is 0 Å². The molecule has 0 aliphatic heterocycles. The van der Waals surface area contributed by atoms with Crippen molar-refractivity contribution in [2.24, 2.45) is 0 Å². The van der Waals surface area contributed by atoms with E-state index in [0.29, 0.717) is 11.3 Å². The molecule has 0 unspecified atom stereocenters. The molecule has 3 nitrogen and oxygen atoms in total. The molecule has 102 valence electrons. The lowest BCUT2D eigenvalue weighted by atomic mass is 10.1. The Hall–Kier alpha value is -1.98. The van der Waals surface area contributed by atoms with Crippen molar-refractivity contribution in [1.29, 1.82) is 0 Å². The van der Waals surface area contributed by atoms with Crippen LogP contribution in [-0.4, -0.2) is 23.8 Å². The van der Waals surface area contributed by atoms with Gasteiger partial charge in [-0.2, -0.15) is 18.3 Å². The van der Waals surface area contributed by atoms with Crippen molar-refractivity contribution in [3.05, 3.63) is 36.0 Å². The maximum absolute atomic E-state index is 12.5. The number of benzene rings is 1. The number of hydrogen-bond acceptors (Lipinski definition) is 2. The first-order chi connectivity index (χ1) is 8.91. The zero-order valence-electron chi connectivity index (χ0n) is 10.6. The summed E-state index contributed by atoms with van der Waals surface area (Å²) in [5.74, 6) is 0. The van der Waals surface area contributed by atoms with Crippen LogP contribution in [0.4, 0.5) is 18.9 Å². The van der Waals surface area contributed by atoms with Gasteiger partial charge < -0.3 is 4.90 Å². The average molecular weight is 269 g/mol. The number of anilines is 1. The Morgan fingerprint density at radius 2 is 2.00 bits per heavy atom. The summed E-state index contributed by atoms with van der Waals surface area (Å²) in [6, 6.07) is 8.29. The second-order valence-electron chi connectivity index (χ2n) is 4.23. The molecule has 1 N–H and O–H groups in total. The van der Waals surface area contributed by atoms with Gasteiger partial charge in [0.05, 0.1) is 5.69 Å². The standard InChI is InChI=1S/C13H14F3N3/c1-3-19(2)10-6-4-5-9(7-10)11-8-12(18-17-11)13(14,15)16/h4-8H,3H2,1-2H3,(H,17,18). The van der Waals surface area contributed by atoms with Gasteiger partial charge in [0.2, 0.25) is 0 Å². The van der Waals surface area contributed by atoms with E-state index < -0.39 is 11.9 Å². The van der Waals surface area contributed by atoms with Gasteiger partial charge in [-0.15, -0.1) is 0 Å². The van der Waals surface area contributed by atoms with Crippen molar-refractivity contribution in [3.63, 3.8) is 0 Å². The largest absolute Gasteiger partial charge is 0.432 e. The van der Waals surface area contributed by atoms with Gasteiger partial charge in [0.15, 0.2) is 0 Å². The van der Waals surface area contributed by atoms with Crippen LogP contribution in [-0.2, 0) is 6.18 Å². The summed E-state index contributed by atoms with van der Waals surface area (Å²) in [7, 11) is 1.92. The third-order valence-corrected chi connectivity index (χ3v) is 2.94. The Morgan fingerprint density at radius 3 is 2.58 bits per heavy atom. The molecule has 0 radical (unpaired) electrons. The summed E-state index contributed by atoms with van der Waals surface area (Å²) in [6.07, 6.45) is -4.40. The van der Waals surface area contributed by atoms with Gasteiger partial charge in [-0.1, -0.05) is 12.1 Å². The van der Waals surface area contributed by atoms with Gasteiger partial charge in [0.1, 0.15) is 5.69 Å². The number of aromatic amines is 1. The summed E-state index contributed by atoms with van der Waals surface area (Å²) >= 11 is 0. The number of hydrogen-bond donors (Lipinski definition) is 1. The fourth-order valence-corrected chi connectivity index (χ4v) is 1.70. The van der Waals surface area contributed by atoms with Gasteiger partial charge in [-0.05, 0) is 25.1 Å². The summed E-state index contributed by atoms with van der Waals surface area (Å²) in [6.45, 7) is 2.82. The summed E-state index contributed by atoms with van der Waals surface area (Å²) in [4.78, 5) is 2.00. The molecule has 0 atom stereocenters. The van der Waals surface area contributed by atoms with Crippen LogP contribution in [0.1, 0.15) is 12.6 Å². The van der Waals surface area contributed by atoms with E-state index in [1.807, 2.05) is 36.1 Å². The maximum atomic E-state index is 12.5. The van der Waals surface area contributed by atoms with Crippen LogP contribution in [0.2, 0.25) is 0 Å². The van der Waals surface area contributed by atoms with Crippen molar-refractivity contribution < 1.29 is 13.2 Å². The Labute approximate surface area is 109 Å². The van der Waals surface area contributed by atoms with E-state index in [2.05, 4.69) is 5.10 Å². The number of alkyl halides is 3. The molecular formula is C13H14F3N3. The molecule has 0 amide bonds. The minimum Gasteiger partial charge on any atom is -0.375 e. The van der Waals surface area contributed by atoms with Crippen molar-refractivity contribution in [3.8, 4) is 11.3 Å². The molecule has 1 heterocycles. The lowest BCUT2D eigenvalue weighted by molar-refractivity contribution is -0.141. The first-order valence-corrected chi connectivity index (χ1v) is 5.86. The molecule has 0 bridgehead atoms. The van der Waals surface area contributed by atoms with E-state index in [4.69, 9.17) is 0 Å². The minimum absolute atomic E-state index is 0.290. The van der Waals surface area contributed by atoms with E-state index in [1.54, 1.807) is 12.1 Å². The molecule has 0 aliphatic carbocycles. The Bertz CT molecular complexity index is 560. The van der Waals surface area contributed by atoms with Crippen LogP contribution >= 0.6 is 0 Å².